The maximum absolute atomic E-state index is 12.3. The number of nitrogens with one attached hydrogen (secondary N) is 1. The maximum atomic E-state index is 12.3. The summed E-state index contributed by atoms with van der Waals surface area (Å²) >= 11 is 0. The minimum absolute atomic E-state index is 0.0224. The lowest BCUT2D eigenvalue weighted by Crippen LogP contribution is -2.37. The van der Waals surface area contributed by atoms with Crippen LogP contribution in [0, 0.1) is 19.8 Å². The molecule has 1 aromatic rings. The molecule has 0 unspecified atom stereocenters. The number of hydrogen-bond acceptors (Lipinski definition) is 3. The molecule has 0 saturated carbocycles. The van der Waals surface area contributed by atoms with E-state index in [4.69, 9.17) is 4.74 Å². The highest BCUT2D eigenvalue weighted by Crippen LogP contribution is 2.28. The summed E-state index contributed by atoms with van der Waals surface area (Å²) in [6.45, 7) is 5.82. The molecule has 124 valence electrons. The average molecular weight is 316 g/mol. The van der Waals surface area contributed by atoms with E-state index in [0.29, 0.717) is 13.1 Å². The molecule has 0 spiro atoms. The molecule has 5 nitrogen and oxygen atoms in total. The van der Waals surface area contributed by atoms with Gasteiger partial charge < -0.3 is 15.0 Å². The van der Waals surface area contributed by atoms with E-state index in [2.05, 4.69) is 11.4 Å². The summed E-state index contributed by atoms with van der Waals surface area (Å²) in [4.78, 5) is 26.4. The van der Waals surface area contributed by atoms with E-state index in [1.807, 2.05) is 26.0 Å². The second-order valence-corrected chi connectivity index (χ2v) is 6.58. The fourth-order valence-corrected chi connectivity index (χ4v) is 3.39. The molecule has 3 rings (SSSR count). The zero-order valence-corrected chi connectivity index (χ0v) is 13.8. The monoisotopic (exact) mass is 316 g/mol. The summed E-state index contributed by atoms with van der Waals surface area (Å²) in [5.74, 6) is -0.292. The molecule has 5 heteroatoms. The highest BCUT2D eigenvalue weighted by molar-refractivity contribution is 6.00. The molecule has 2 saturated heterocycles. The first-order chi connectivity index (χ1) is 11.0. The van der Waals surface area contributed by atoms with Gasteiger partial charge in [-0.3, -0.25) is 9.59 Å². The molecule has 1 aromatic carbocycles. The highest BCUT2D eigenvalue weighted by Gasteiger charge is 2.35. The van der Waals surface area contributed by atoms with Crippen LogP contribution >= 0.6 is 0 Å². The van der Waals surface area contributed by atoms with Gasteiger partial charge in [-0.1, -0.05) is 17.7 Å². The SMILES string of the molecule is Cc1ccc(N2C[C@H](C(=O)NC[C@H]3CCCO3)CC2=O)c(C)c1. The Morgan fingerprint density at radius 3 is 2.91 bits per heavy atom. The first-order valence-electron chi connectivity index (χ1n) is 8.31. The number of hydrogen-bond donors (Lipinski definition) is 1. The Balaban J connectivity index is 1.61. The minimum Gasteiger partial charge on any atom is -0.376 e. The van der Waals surface area contributed by atoms with Crippen molar-refractivity contribution in [3.05, 3.63) is 29.3 Å². The Morgan fingerprint density at radius 1 is 1.39 bits per heavy atom. The van der Waals surface area contributed by atoms with Crippen molar-refractivity contribution in [1.29, 1.82) is 0 Å². The van der Waals surface area contributed by atoms with E-state index in [1.54, 1.807) is 4.90 Å². The van der Waals surface area contributed by atoms with Gasteiger partial charge in [0.25, 0.3) is 0 Å². The van der Waals surface area contributed by atoms with Crippen molar-refractivity contribution in [2.45, 2.75) is 39.2 Å². The van der Waals surface area contributed by atoms with Crippen molar-refractivity contribution in [1.82, 2.24) is 5.32 Å². The third-order valence-electron chi connectivity index (χ3n) is 4.67. The van der Waals surface area contributed by atoms with Crippen molar-refractivity contribution >= 4 is 17.5 Å². The van der Waals surface area contributed by atoms with Gasteiger partial charge in [-0.15, -0.1) is 0 Å². The molecular weight excluding hydrogens is 292 g/mol. The molecule has 0 bridgehead atoms. The highest BCUT2D eigenvalue weighted by atomic mass is 16.5. The molecule has 2 aliphatic heterocycles. The van der Waals surface area contributed by atoms with Gasteiger partial charge in [0.05, 0.1) is 12.0 Å². The average Bonchev–Trinajstić information content (AvgIpc) is 3.15. The van der Waals surface area contributed by atoms with Crippen molar-refractivity contribution in [3.63, 3.8) is 0 Å². The third kappa shape index (κ3) is 3.55. The van der Waals surface area contributed by atoms with E-state index in [1.165, 1.54) is 5.56 Å². The second kappa shape index (κ2) is 6.71. The molecule has 2 atom stereocenters. The third-order valence-corrected chi connectivity index (χ3v) is 4.67. The molecule has 23 heavy (non-hydrogen) atoms. The Labute approximate surface area is 137 Å². The molecule has 0 radical (unpaired) electrons. The van der Waals surface area contributed by atoms with Gasteiger partial charge in [0, 0.05) is 31.8 Å². The molecule has 1 N–H and O–H groups in total. The summed E-state index contributed by atoms with van der Waals surface area (Å²) in [6, 6.07) is 6.03. The summed E-state index contributed by atoms with van der Waals surface area (Å²) in [5.41, 5.74) is 3.15. The van der Waals surface area contributed by atoms with E-state index in [0.717, 1.165) is 30.7 Å². The van der Waals surface area contributed by atoms with E-state index >= 15 is 0 Å². The summed E-state index contributed by atoms with van der Waals surface area (Å²) < 4.78 is 5.51. The fourth-order valence-electron chi connectivity index (χ4n) is 3.39. The van der Waals surface area contributed by atoms with Gasteiger partial charge in [-0.05, 0) is 38.3 Å². The van der Waals surface area contributed by atoms with Gasteiger partial charge in [0.2, 0.25) is 11.8 Å². The number of carbonyl (C=O) groups excluding carboxylic acids is 2. The van der Waals surface area contributed by atoms with Crippen LogP contribution in [0.25, 0.3) is 0 Å². The van der Waals surface area contributed by atoms with Crippen molar-refractivity contribution in [2.75, 3.05) is 24.6 Å². The van der Waals surface area contributed by atoms with Crippen LogP contribution in [0.3, 0.4) is 0 Å². The van der Waals surface area contributed by atoms with E-state index in [-0.39, 0.29) is 30.3 Å². The lowest BCUT2D eigenvalue weighted by Gasteiger charge is -2.19. The summed E-state index contributed by atoms with van der Waals surface area (Å²) in [5, 5.41) is 2.94. The molecule has 0 aliphatic carbocycles. The standard InChI is InChI=1S/C18H24N2O3/c1-12-5-6-16(13(2)8-12)20-11-14(9-17(20)21)18(22)19-10-15-4-3-7-23-15/h5-6,8,14-15H,3-4,7,9-11H2,1-2H3,(H,19,22)/t14-,15-/m1/s1. The Hall–Kier alpha value is -1.88. The van der Waals surface area contributed by atoms with Gasteiger partial charge >= 0.3 is 0 Å². The lowest BCUT2D eigenvalue weighted by molar-refractivity contribution is -0.126. The maximum Gasteiger partial charge on any atom is 0.227 e. The van der Waals surface area contributed by atoms with Gasteiger partial charge in [-0.2, -0.15) is 0 Å². The smallest absolute Gasteiger partial charge is 0.227 e. The van der Waals surface area contributed by atoms with Crippen LogP contribution in [0.1, 0.15) is 30.4 Å². The fraction of sp³-hybridized carbons (Fsp3) is 0.556. The summed E-state index contributed by atoms with van der Waals surface area (Å²) in [7, 11) is 0. The molecule has 2 heterocycles. The Morgan fingerprint density at radius 2 is 2.22 bits per heavy atom. The van der Waals surface area contributed by atoms with E-state index in [9.17, 15) is 9.59 Å². The zero-order chi connectivity index (χ0) is 16.4. The van der Waals surface area contributed by atoms with Gasteiger partial charge in [0.1, 0.15) is 0 Å². The van der Waals surface area contributed by atoms with Crippen molar-refractivity contribution in [3.8, 4) is 0 Å². The normalized spacial score (nSPS) is 24.3. The minimum atomic E-state index is -0.274. The predicted octanol–water partition coefficient (Wildman–Crippen LogP) is 1.95. The molecule has 2 aliphatic rings. The Bertz CT molecular complexity index is 608. The topological polar surface area (TPSA) is 58.6 Å². The predicted molar refractivity (Wildman–Crippen MR) is 88.4 cm³/mol. The number of nitrogens with zero attached hydrogens (tertiary/aromatic N) is 1. The Kier molecular flexibility index (Phi) is 4.66. The van der Waals surface area contributed by atoms with E-state index < -0.39 is 0 Å². The van der Waals surface area contributed by atoms with Crippen LogP contribution in [0.15, 0.2) is 18.2 Å². The van der Waals surface area contributed by atoms with Crippen LogP contribution in [0.2, 0.25) is 0 Å². The quantitative estimate of drug-likeness (QED) is 0.924. The first-order valence-corrected chi connectivity index (χ1v) is 8.31. The molecule has 2 fully saturated rings. The van der Waals surface area contributed by atoms with Gasteiger partial charge in [0.15, 0.2) is 0 Å². The number of rotatable bonds is 4. The van der Waals surface area contributed by atoms with Crippen LogP contribution in [-0.2, 0) is 14.3 Å². The molecule has 0 aromatic heterocycles. The number of ether oxygens (including phenoxy) is 1. The number of aryl methyl sites for hydroxylation is 2. The summed E-state index contributed by atoms with van der Waals surface area (Å²) in [6.07, 6.45) is 2.47. The number of benzene rings is 1. The lowest BCUT2D eigenvalue weighted by atomic mass is 10.1. The first kappa shape index (κ1) is 16.0. The molecule has 2 amide bonds. The van der Waals surface area contributed by atoms with Crippen LogP contribution < -0.4 is 10.2 Å². The van der Waals surface area contributed by atoms with Crippen LogP contribution in [0.4, 0.5) is 5.69 Å². The van der Waals surface area contributed by atoms with Crippen molar-refractivity contribution in [2.24, 2.45) is 5.92 Å². The van der Waals surface area contributed by atoms with Gasteiger partial charge in [-0.25, -0.2) is 0 Å². The number of amides is 2. The number of carbonyl (C=O) groups is 2. The van der Waals surface area contributed by atoms with Crippen LogP contribution in [-0.4, -0.2) is 37.6 Å². The van der Waals surface area contributed by atoms with Crippen molar-refractivity contribution < 1.29 is 14.3 Å². The second-order valence-electron chi connectivity index (χ2n) is 6.58. The van der Waals surface area contributed by atoms with Crippen LogP contribution in [0.5, 0.6) is 0 Å². The largest absolute Gasteiger partial charge is 0.376 e. The zero-order valence-electron chi connectivity index (χ0n) is 13.8. The number of anilines is 1. The molecular formula is C18H24N2O3.